The van der Waals surface area contributed by atoms with E-state index in [1.54, 1.807) is 24.4 Å². The van der Waals surface area contributed by atoms with Gasteiger partial charge in [-0.2, -0.15) is 0 Å². The molecule has 1 aliphatic rings. The number of hydrogen-bond donors (Lipinski definition) is 2. The molecule has 2 aromatic heterocycles. The highest BCUT2D eigenvalue weighted by molar-refractivity contribution is 6.08. The van der Waals surface area contributed by atoms with Gasteiger partial charge in [-0.1, -0.05) is 6.07 Å². The second-order valence-corrected chi connectivity index (χ2v) is 4.92. The van der Waals surface area contributed by atoms with Gasteiger partial charge in [-0.05, 0) is 37.5 Å². The zero-order valence-electron chi connectivity index (χ0n) is 11.2. The number of anilines is 1. The Kier molecular flexibility index (Phi) is 3.10. The number of amides is 1. The average Bonchev–Trinajstić information content (AvgIpc) is 2.79. The highest BCUT2D eigenvalue weighted by Crippen LogP contribution is 2.26. The predicted molar refractivity (Wildman–Crippen MR) is 75.0 cm³/mol. The zero-order valence-corrected chi connectivity index (χ0v) is 11.2. The minimum absolute atomic E-state index is 0.122. The third-order valence-electron chi connectivity index (χ3n) is 3.57. The van der Waals surface area contributed by atoms with Crippen LogP contribution in [0.4, 0.5) is 5.82 Å². The van der Waals surface area contributed by atoms with E-state index in [0.717, 1.165) is 24.1 Å². The molecule has 20 heavy (non-hydrogen) atoms. The Bertz CT molecular complexity index is 674. The lowest BCUT2D eigenvalue weighted by atomic mass is 9.94. The van der Waals surface area contributed by atoms with Crippen molar-refractivity contribution in [3.05, 3.63) is 46.9 Å². The van der Waals surface area contributed by atoms with Gasteiger partial charge in [-0.25, -0.2) is 4.98 Å². The molecule has 0 aromatic carbocycles. The summed E-state index contributed by atoms with van der Waals surface area (Å²) >= 11 is 0. The predicted octanol–water partition coefficient (Wildman–Crippen LogP) is 2.49. The van der Waals surface area contributed by atoms with E-state index in [0.29, 0.717) is 23.5 Å². The van der Waals surface area contributed by atoms with Gasteiger partial charge in [0.25, 0.3) is 5.91 Å². The number of nitrogens with one attached hydrogen (secondary N) is 2. The molecule has 5 heteroatoms. The molecular weight excluding hydrogens is 254 g/mol. The number of carbonyl (C=O) groups excluding carboxylic acids is 2. The Morgan fingerprint density at radius 3 is 2.90 bits per heavy atom. The number of aromatic nitrogens is 2. The zero-order chi connectivity index (χ0) is 14.1. The summed E-state index contributed by atoms with van der Waals surface area (Å²) in [4.78, 5) is 31.4. The molecule has 3 rings (SSSR count). The second kappa shape index (κ2) is 4.92. The van der Waals surface area contributed by atoms with Crippen LogP contribution >= 0.6 is 0 Å². The Labute approximate surface area is 116 Å². The number of carbonyl (C=O) groups is 2. The topological polar surface area (TPSA) is 74.8 Å². The number of ketones is 1. The number of rotatable bonds is 2. The van der Waals surface area contributed by atoms with Gasteiger partial charge in [0.2, 0.25) is 0 Å². The van der Waals surface area contributed by atoms with E-state index in [1.165, 1.54) is 0 Å². The van der Waals surface area contributed by atoms with Crippen LogP contribution in [-0.4, -0.2) is 21.7 Å². The number of nitrogens with zero attached hydrogens (tertiary/aromatic N) is 1. The van der Waals surface area contributed by atoms with E-state index < -0.39 is 0 Å². The van der Waals surface area contributed by atoms with E-state index in [1.807, 2.05) is 6.92 Å². The van der Waals surface area contributed by atoms with Crippen LogP contribution in [0.25, 0.3) is 0 Å². The van der Waals surface area contributed by atoms with Crippen molar-refractivity contribution in [3.63, 3.8) is 0 Å². The number of hydrogen-bond acceptors (Lipinski definition) is 3. The Morgan fingerprint density at radius 2 is 2.20 bits per heavy atom. The molecule has 0 radical (unpaired) electrons. The van der Waals surface area contributed by atoms with Gasteiger partial charge in [-0.3, -0.25) is 9.59 Å². The lowest BCUT2D eigenvalue weighted by Crippen LogP contribution is -2.14. The normalized spacial score (nSPS) is 13.9. The first-order chi connectivity index (χ1) is 9.66. The molecule has 2 heterocycles. The fraction of sp³-hybridized carbons (Fsp3) is 0.267. The van der Waals surface area contributed by atoms with Crippen LogP contribution in [0, 0.1) is 6.92 Å². The van der Waals surface area contributed by atoms with Crippen molar-refractivity contribution in [3.8, 4) is 0 Å². The summed E-state index contributed by atoms with van der Waals surface area (Å²) in [5.41, 5.74) is 2.77. The number of aryl methyl sites for hydroxylation is 1. The van der Waals surface area contributed by atoms with Crippen molar-refractivity contribution < 1.29 is 9.59 Å². The number of pyridine rings is 1. The van der Waals surface area contributed by atoms with Gasteiger partial charge in [-0.15, -0.1) is 0 Å². The SMILES string of the molecule is Cc1c(C(=O)Nc2ccccn2)[nH]c2c1C(=O)CCC2. The van der Waals surface area contributed by atoms with Crippen LogP contribution in [0.3, 0.4) is 0 Å². The maximum atomic E-state index is 12.3. The number of Topliss-reactive ketones (excluding diaryl/α,β-unsaturated/α-hetero) is 1. The molecule has 0 saturated heterocycles. The lowest BCUT2D eigenvalue weighted by Gasteiger charge is -2.09. The summed E-state index contributed by atoms with van der Waals surface area (Å²) in [7, 11) is 0. The summed E-state index contributed by atoms with van der Waals surface area (Å²) in [5, 5.41) is 2.73. The smallest absolute Gasteiger partial charge is 0.273 e. The third-order valence-corrected chi connectivity index (χ3v) is 3.57. The van der Waals surface area contributed by atoms with E-state index >= 15 is 0 Å². The van der Waals surface area contributed by atoms with Crippen LogP contribution in [0.15, 0.2) is 24.4 Å². The van der Waals surface area contributed by atoms with Crippen LogP contribution < -0.4 is 5.32 Å². The molecule has 0 aliphatic heterocycles. The third kappa shape index (κ3) is 2.11. The minimum atomic E-state index is -0.261. The van der Waals surface area contributed by atoms with Crippen molar-refractivity contribution in [1.82, 2.24) is 9.97 Å². The van der Waals surface area contributed by atoms with Crippen molar-refractivity contribution in [2.45, 2.75) is 26.2 Å². The molecule has 0 saturated carbocycles. The number of fused-ring (bicyclic) bond motifs is 1. The maximum absolute atomic E-state index is 12.3. The van der Waals surface area contributed by atoms with Crippen LogP contribution in [-0.2, 0) is 6.42 Å². The fourth-order valence-corrected chi connectivity index (χ4v) is 2.62. The van der Waals surface area contributed by atoms with Crippen molar-refractivity contribution in [1.29, 1.82) is 0 Å². The summed E-state index contributed by atoms with van der Waals surface area (Å²) in [6.45, 7) is 1.81. The standard InChI is InChI=1S/C15H15N3O2/c1-9-13-10(5-4-6-11(13)19)17-14(9)15(20)18-12-7-2-3-8-16-12/h2-3,7-8,17H,4-6H2,1H3,(H,16,18,20). The van der Waals surface area contributed by atoms with E-state index in [-0.39, 0.29) is 11.7 Å². The van der Waals surface area contributed by atoms with Gasteiger partial charge >= 0.3 is 0 Å². The first-order valence-corrected chi connectivity index (χ1v) is 6.64. The van der Waals surface area contributed by atoms with Crippen molar-refractivity contribution in [2.24, 2.45) is 0 Å². The summed E-state index contributed by atoms with van der Waals surface area (Å²) in [5.74, 6) is 0.357. The molecule has 1 amide bonds. The first kappa shape index (κ1) is 12.6. The molecule has 0 fully saturated rings. The summed E-state index contributed by atoms with van der Waals surface area (Å²) in [6, 6.07) is 5.31. The monoisotopic (exact) mass is 269 g/mol. The summed E-state index contributed by atoms with van der Waals surface area (Å²) in [6.07, 6.45) is 3.84. The van der Waals surface area contributed by atoms with Gasteiger partial charge < -0.3 is 10.3 Å². The largest absolute Gasteiger partial charge is 0.354 e. The highest BCUT2D eigenvalue weighted by atomic mass is 16.2. The molecule has 0 bridgehead atoms. The van der Waals surface area contributed by atoms with Gasteiger partial charge in [0.05, 0.1) is 0 Å². The van der Waals surface area contributed by atoms with Crippen molar-refractivity contribution >= 4 is 17.5 Å². The Hall–Kier alpha value is -2.43. The second-order valence-electron chi connectivity index (χ2n) is 4.92. The molecule has 5 nitrogen and oxygen atoms in total. The van der Waals surface area contributed by atoms with E-state index in [9.17, 15) is 9.59 Å². The van der Waals surface area contributed by atoms with Crippen molar-refractivity contribution in [2.75, 3.05) is 5.32 Å². The molecule has 0 atom stereocenters. The number of H-pyrrole nitrogens is 1. The molecular formula is C15H15N3O2. The maximum Gasteiger partial charge on any atom is 0.273 e. The van der Waals surface area contributed by atoms with Crippen LogP contribution in [0.1, 0.15) is 44.9 Å². The number of aromatic amines is 1. The summed E-state index contributed by atoms with van der Waals surface area (Å²) < 4.78 is 0. The van der Waals surface area contributed by atoms with E-state index in [2.05, 4.69) is 15.3 Å². The highest BCUT2D eigenvalue weighted by Gasteiger charge is 2.26. The Morgan fingerprint density at radius 1 is 1.35 bits per heavy atom. The van der Waals surface area contributed by atoms with Crippen LogP contribution in [0.2, 0.25) is 0 Å². The lowest BCUT2D eigenvalue weighted by molar-refractivity contribution is 0.0971. The molecule has 1 aliphatic carbocycles. The first-order valence-electron chi connectivity index (χ1n) is 6.64. The Balaban J connectivity index is 1.91. The molecule has 0 spiro atoms. The van der Waals surface area contributed by atoms with Crippen LogP contribution in [0.5, 0.6) is 0 Å². The van der Waals surface area contributed by atoms with Gasteiger partial charge in [0.1, 0.15) is 11.5 Å². The molecule has 2 aromatic rings. The minimum Gasteiger partial charge on any atom is -0.354 e. The van der Waals surface area contributed by atoms with E-state index in [4.69, 9.17) is 0 Å². The molecule has 0 unspecified atom stereocenters. The fourth-order valence-electron chi connectivity index (χ4n) is 2.62. The average molecular weight is 269 g/mol. The van der Waals surface area contributed by atoms with Gasteiger partial charge in [0.15, 0.2) is 5.78 Å². The quantitative estimate of drug-likeness (QED) is 0.879. The van der Waals surface area contributed by atoms with Gasteiger partial charge in [0, 0.05) is 23.9 Å². The molecule has 2 N–H and O–H groups in total. The molecule has 102 valence electrons.